The van der Waals surface area contributed by atoms with Gasteiger partial charge >= 0.3 is 0 Å². The minimum atomic E-state index is -1.23. The van der Waals surface area contributed by atoms with Crippen LogP contribution in [0.25, 0.3) is 0 Å². The first-order valence-electron chi connectivity index (χ1n) is 3.95. The van der Waals surface area contributed by atoms with E-state index >= 15 is 0 Å². The average Bonchev–Trinajstić information content (AvgIpc) is 2.11. The van der Waals surface area contributed by atoms with Gasteiger partial charge in [-0.05, 0) is 6.07 Å². The summed E-state index contributed by atoms with van der Waals surface area (Å²) in [6, 6.07) is 0.421. The molecule has 0 fully saturated rings. The van der Waals surface area contributed by atoms with E-state index in [0.717, 1.165) is 6.07 Å². The molecule has 0 radical (unpaired) electrons. The molecule has 1 aromatic rings. The monoisotopic (exact) mass is 205 g/mol. The SMILES string of the molecule is COC[C@H](N)c1cc(F)c(F)cc1F. The highest BCUT2D eigenvalue weighted by atomic mass is 19.2. The van der Waals surface area contributed by atoms with Crippen molar-refractivity contribution >= 4 is 0 Å². The molecule has 0 aliphatic rings. The Bertz CT molecular complexity index is 330. The van der Waals surface area contributed by atoms with Crippen LogP contribution in [-0.2, 0) is 4.74 Å². The number of benzene rings is 1. The van der Waals surface area contributed by atoms with Crippen molar-refractivity contribution in [3.05, 3.63) is 35.1 Å². The zero-order valence-corrected chi connectivity index (χ0v) is 7.56. The highest BCUT2D eigenvalue weighted by molar-refractivity contribution is 5.23. The number of halogens is 3. The molecule has 0 saturated carbocycles. The van der Waals surface area contributed by atoms with Crippen molar-refractivity contribution < 1.29 is 17.9 Å². The Balaban J connectivity index is 3.02. The van der Waals surface area contributed by atoms with Crippen LogP contribution in [0.2, 0.25) is 0 Å². The van der Waals surface area contributed by atoms with Crippen LogP contribution >= 0.6 is 0 Å². The van der Waals surface area contributed by atoms with Gasteiger partial charge in [-0.2, -0.15) is 0 Å². The normalized spacial score (nSPS) is 12.9. The minimum Gasteiger partial charge on any atom is -0.383 e. The summed E-state index contributed by atoms with van der Waals surface area (Å²) in [6.45, 7) is 0.0436. The van der Waals surface area contributed by atoms with Crippen LogP contribution in [0.15, 0.2) is 12.1 Å². The quantitative estimate of drug-likeness (QED) is 0.763. The van der Waals surface area contributed by atoms with E-state index in [1.54, 1.807) is 0 Å². The molecule has 2 nitrogen and oxygen atoms in total. The third-order valence-corrected chi connectivity index (χ3v) is 1.79. The second-order valence-corrected chi connectivity index (χ2v) is 2.85. The topological polar surface area (TPSA) is 35.2 Å². The minimum absolute atomic E-state index is 0.0436. The van der Waals surface area contributed by atoms with Gasteiger partial charge < -0.3 is 10.5 Å². The Labute approximate surface area is 79.5 Å². The smallest absolute Gasteiger partial charge is 0.161 e. The zero-order valence-electron chi connectivity index (χ0n) is 7.56. The third kappa shape index (κ3) is 2.24. The molecule has 78 valence electrons. The van der Waals surface area contributed by atoms with Crippen LogP contribution in [0.5, 0.6) is 0 Å². The van der Waals surface area contributed by atoms with Crippen LogP contribution in [0.3, 0.4) is 0 Å². The summed E-state index contributed by atoms with van der Waals surface area (Å²) in [7, 11) is 1.39. The first kappa shape index (κ1) is 11.0. The van der Waals surface area contributed by atoms with Crippen molar-refractivity contribution in [3.8, 4) is 0 Å². The molecular weight excluding hydrogens is 195 g/mol. The Hall–Kier alpha value is -1.07. The lowest BCUT2D eigenvalue weighted by Crippen LogP contribution is -2.18. The molecular formula is C9H10F3NO. The number of hydrogen-bond donors (Lipinski definition) is 1. The van der Waals surface area contributed by atoms with Gasteiger partial charge in [0.2, 0.25) is 0 Å². The van der Waals surface area contributed by atoms with Crippen LogP contribution in [0.4, 0.5) is 13.2 Å². The third-order valence-electron chi connectivity index (χ3n) is 1.79. The summed E-state index contributed by atoms with van der Waals surface area (Å²) in [4.78, 5) is 0. The maximum atomic E-state index is 13.1. The molecule has 2 N–H and O–H groups in total. The molecule has 0 aliphatic carbocycles. The molecule has 1 rings (SSSR count). The van der Waals surface area contributed by atoms with E-state index in [0.29, 0.717) is 6.07 Å². The van der Waals surface area contributed by atoms with Gasteiger partial charge in [0.05, 0.1) is 12.6 Å². The highest BCUT2D eigenvalue weighted by Gasteiger charge is 2.15. The van der Waals surface area contributed by atoms with E-state index in [9.17, 15) is 13.2 Å². The largest absolute Gasteiger partial charge is 0.383 e. The standard InChI is InChI=1S/C9H10F3NO/c1-14-4-9(13)5-2-7(11)8(12)3-6(5)10/h2-3,9H,4,13H2,1H3/t9-/m0/s1. The molecule has 1 atom stereocenters. The number of methoxy groups -OCH3 is 1. The number of nitrogens with two attached hydrogens (primary N) is 1. The molecule has 0 bridgehead atoms. The number of hydrogen-bond acceptors (Lipinski definition) is 2. The van der Waals surface area contributed by atoms with E-state index in [1.807, 2.05) is 0 Å². The molecule has 0 unspecified atom stereocenters. The van der Waals surface area contributed by atoms with Gasteiger partial charge in [0, 0.05) is 18.7 Å². The van der Waals surface area contributed by atoms with Crippen molar-refractivity contribution in [2.75, 3.05) is 13.7 Å². The van der Waals surface area contributed by atoms with Gasteiger partial charge in [-0.1, -0.05) is 0 Å². The van der Waals surface area contributed by atoms with E-state index in [-0.39, 0.29) is 12.2 Å². The van der Waals surface area contributed by atoms with Crippen molar-refractivity contribution in [3.63, 3.8) is 0 Å². The fraction of sp³-hybridized carbons (Fsp3) is 0.333. The predicted molar refractivity (Wildman–Crippen MR) is 45.1 cm³/mol. The van der Waals surface area contributed by atoms with Crippen molar-refractivity contribution in [2.24, 2.45) is 5.73 Å². The molecule has 0 spiro atoms. The van der Waals surface area contributed by atoms with Gasteiger partial charge in [0.25, 0.3) is 0 Å². The summed E-state index contributed by atoms with van der Waals surface area (Å²) in [5.74, 6) is -3.21. The summed E-state index contributed by atoms with van der Waals surface area (Å²) < 4.78 is 43.0. The van der Waals surface area contributed by atoms with E-state index in [2.05, 4.69) is 4.74 Å². The first-order valence-corrected chi connectivity index (χ1v) is 3.95. The summed E-state index contributed by atoms with van der Waals surface area (Å²) in [5.41, 5.74) is 5.38. The average molecular weight is 205 g/mol. The van der Waals surface area contributed by atoms with Gasteiger partial charge in [0.1, 0.15) is 5.82 Å². The van der Waals surface area contributed by atoms with Gasteiger partial charge in [0.15, 0.2) is 11.6 Å². The Kier molecular flexibility index (Phi) is 3.49. The summed E-state index contributed by atoms with van der Waals surface area (Å²) in [6.07, 6.45) is 0. The highest BCUT2D eigenvalue weighted by Crippen LogP contribution is 2.18. The zero-order chi connectivity index (χ0) is 10.7. The molecule has 0 saturated heterocycles. The molecule has 0 aromatic heterocycles. The number of ether oxygens (including phenoxy) is 1. The first-order chi connectivity index (χ1) is 6.56. The van der Waals surface area contributed by atoms with Crippen LogP contribution < -0.4 is 5.73 Å². The molecule has 14 heavy (non-hydrogen) atoms. The lowest BCUT2D eigenvalue weighted by atomic mass is 10.1. The van der Waals surface area contributed by atoms with Crippen LogP contribution in [0.1, 0.15) is 11.6 Å². The lowest BCUT2D eigenvalue weighted by Gasteiger charge is -2.11. The van der Waals surface area contributed by atoms with E-state index in [4.69, 9.17) is 5.73 Å². The van der Waals surface area contributed by atoms with Gasteiger partial charge in [-0.3, -0.25) is 0 Å². The molecule has 0 heterocycles. The van der Waals surface area contributed by atoms with Gasteiger partial charge in [-0.15, -0.1) is 0 Å². The fourth-order valence-corrected chi connectivity index (χ4v) is 1.09. The van der Waals surface area contributed by atoms with Crippen molar-refractivity contribution in [2.45, 2.75) is 6.04 Å². The Morgan fingerprint density at radius 1 is 1.21 bits per heavy atom. The molecule has 1 aromatic carbocycles. The summed E-state index contributed by atoms with van der Waals surface area (Å²) >= 11 is 0. The molecule has 5 heteroatoms. The second-order valence-electron chi connectivity index (χ2n) is 2.85. The Morgan fingerprint density at radius 3 is 2.36 bits per heavy atom. The van der Waals surface area contributed by atoms with Crippen molar-refractivity contribution in [1.82, 2.24) is 0 Å². The number of rotatable bonds is 3. The van der Waals surface area contributed by atoms with Crippen LogP contribution in [0, 0.1) is 17.5 Å². The lowest BCUT2D eigenvalue weighted by molar-refractivity contribution is 0.179. The predicted octanol–water partition coefficient (Wildman–Crippen LogP) is 1.75. The maximum Gasteiger partial charge on any atom is 0.161 e. The molecule has 0 amide bonds. The summed E-state index contributed by atoms with van der Waals surface area (Å²) in [5, 5.41) is 0. The maximum absolute atomic E-state index is 13.1. The van der Waals surface area contributed by atoms with Crippen molar-refractivity contribution in [1.29, 1.82) is 0 Å². The second kappa shape index (κ2) is 4.43. The van der Waals surface area contributed by atoms with E-state index in [1.165, 1.54) is 7.11 Å². The molecule has 0 aliphatic heterocycles. The van der Waals surface area contributed by atoms with E-state index < -0.39 is 23.5 Å². The fourth-order valence-electron chi connectivity index (χ4n) is 1.09. The van der Waals surface area contributed by atoms with Crippen LogP contribution in [-0.4, -0.2) is 13.7 Å². The Morgan fingerprint density at radius 2 is 1.79 bits per heavy atom. The van der Waals surface area contributed by atoms with Gasteiger partial charge in [-0.25, -0.2) is 13.2 Å².